The first-order chi connectivity index (χ1) is 6.21. The Bertz CT molecular complexity index is 415. The van der Waals surface area contributed by atoms with E-state index in [9.17, 15) is 8.42 Å². The van der Waals surface area contributed by atoms with Crippen molar-refractivity contribution >= 4 is 9.84 Å². The topological polar surface area (TPSA) is 59.9 Å². The Balaban J connectivity index is 3.14. The molecule has 0 aliphatic rings. The molecule has 78 valence electrons. The average molecular weight is 214 g/mol. The van der Waals surface area contributed by atoms with Gasteiger partial charge in [0.25, 0.3) is 0 Å². The van der Waals surface area contributed by atoms with Gasteiger partial charge in [-0.05, 0) is 12.1 Å². The Kier molecular flexibility index (Phi) is 2.63. The first-order valence-electron chi connectivity index (χ1n) is 4.25. The Morgan fingerprint density at radius 3 is 2.00 bits per heavy atom. The molecule has 0 amide bonds. The largest absolute Gasteiger partial charge is 0.222 e. The summed E-state index contributed by atoms with van der Waals surface area (Å²) in [5, 5.41) is 7.58. The van der Waals surface area contributed by atoms with Crippen molar-refractivity contribution in [2.45, 2.75) is 31.2 Å². The van der Waals surface area contributed by atoms with Crippen LogP contribution in [0.4, 0.5) is 0 Å². The van der Waals surface area contributed by atoms with Gasteiger partial charge in [0, 0.05) is 11.7 Å². The summed E-state index contributed by atoms with van der Waals surface area (Å²) < 4.78 is 22.2. The van der Waals surface area contributed by atoms with Crippen LogP contribution in [-0.2, 0) is 15.3 Å². The monoisotopic (exact) mass is 214 g/mol. The van der Waals surface area contributed by atoms with E-state index in [0.29, 0.717) is 0 Å². The Hall–Kier alpha value is -0.970. The molecule has 5 heteroatoms. The summed E-state index contributed by atoms with van der Waals surface area (Å²) in [5.41, 5.74) is 0.674. The summed E-state index contributed by atoms with van der Waals surface area (Å²) in [6, 6.07) is 3.19. The van der Waals surface area contributed by atoms with Crippen LogP contribution in [0.2, 0.25) is 0 Å². The fourth-order valence-electron chi connectivity index (χ4n) is 0.918. The fraction of sp³-hybridized carbons (Fsp3) is 0.556. The number of hydrogen-bond donors (Lipinski definition) is 0. The van der Waals surface area contributed by atoms with Crippen molar-refractivity contribution in [1.29, 1.82) is 0 Å². The number of aromatic nitrogens is 2. The van der Waals surface area contributed by atoms with Crippen molar-refractivity contribution in [3.63, 3.8) is 0 Å². The van der Waals surface area contributed by atoms with Crippen LogP contribution >= 0.6 is 0 Å². The van der Waals surface area contributed by atoms with Crippen molar-refractivity contribution in [3.8, 4) is 0 Å². The van der Waals surface area contributed by atoms with Crippen LogP contribution in [0, 0.1) is 0 Å². The molecule has 0 N–H and O–H groups in total. The highest BCUT2D eigenvalue weighted by atomic mass is 32.2. The molecule has 0 aliphatic heterocycles. The van der Waals surface area contributed by atoms with Crippen molar-refractivity contribution in [1.82, 2.24) is 10.2 Å². The molecule has 4 nitrogen and oxygen atoms in total. The first-order valence-corrected chi connectivity index (χ1v) is 6.15. The second-order valence-corrected chi connectivity index (χ2v) is 6.24. The normalized spacial score (nSPS) is 12.9. The molecule has 0 radical (unpaired) electrons. The molecule has 0 spiro atoms. The summed E-state index contributed by atoms with van der Waals surface area (Å²) in [6.07, 6.45) is 1.12. The lowest BCUT2D eigenvalue weighted by Crippen LogP contribution is -2.15. The van der Waals surface area contributed by atoms with Crippen LogP contribution in [0.15, 0.2) is 17.2 Å². The predicted octanol–water partition coefficient (Wildman–Crippen LogP) is 1.18. The molecule has 0 atom stereocenters. The predicted molar refractivity (Wildman–Crippen MR) is 53.8 cm³/mol. The van der Waals surface area contributed by atoms with Gasteiger partial charge in [-0.1, -0.05) is 20.8 Å². The second kappa shape index (κ2) is 3.31. The third kappa shape index (κ3) is 2.51. The lowest BCUT2D eigenvalue weighted by molar-refractivity contribution is 0.549. The molecule has 1 rings (SSSR count). The molecule has 0 saturated carbocycles. The van der Waals surface area contributed by atoms with Crippen LogP contribution in [0.1, 0.15) is 26.5 Å². The maximum atomic E-state index is 11.1. The van der Waals surface area contributed by atoms with Gasteiger partial charge in [-0.25, -0.2) is 8.42 Å². The van der Waals surface area contributed by atoms with Crippen molar-refractivity contribution < 1.29 is 8.42 Å². The highest BCUT2D eigenvalue weighted by Crippen LogP contribution is 2.19. The summed E-state index contributed by atoms with van der Waals surface area (Å²) in [6.45, 7) is 5.99. The van der Waals surface area contributed by atoms with Gasteiger partial charge in [-0.3, -0.25) is 0 Å². The minimum absolute atomic E-state index is 0.0190. The lowest BCUT2D eigenvalue weighted by atomic mass is 9.92. The molecule has 0 bridgehead atoms. The molecule has 0 aliphatic carbocycles. The van der Waals surface area contributed by atoms with E-state index >= 15 is 0 Å². The Labute approximate surface area is 84.3 Å². The molecular formula is C9H14N2O2S. The van der Waals surface area contributed by atoms with Gasteiger partial charge in [0.05, 0.1) is 5.69 Å². The van der Waals surface area contributed by atoms with Crippen molar-refractivity contribution in [2.75, 3.05) is 6.26 Å². The fourth-order valence-corrected chi connectivity index (χ4v) is 1.42. The van der Waals surface area contributed by atoms with Gasteiger partial charge in [-0.15, -0.1) is 5.10 Å². The maximum absolute atomic E-state index is 11.1. The molecule has 1 heterocycles. The molecule has 0 aromatic carbocycles. The van der Waals surface area contributed by atoms with E-state index in [0.717, 1.165) is 11.9 Å². The van der Waals surface area contributed by atoms with Gasteiger partial charge in [0.15, 0.2) is 14.9 Å². The molecule has 14 heavy (non-hydrogen) atoms. The van der Waals surface area contributed by atoms with Crippen molar-refractivity contribution in [3.05, 3.63) is 17.8 Å². The van der Waals surface area contributed by atoms with Crippen LogP contribution in [0.25, 0.3) is 0 Å². The molecule has 0 saturated heterocycles. The Morgan fingerprint density at radius 1 is 1.14 bits per heavy atom. The Morgan fingerprint density at radius 2 is 1.71 bits per heavy atom. The summed E-state index contributed by atoms with van der Waals surface area (Å²) in [4.78, 5) is 0. The average Bonchev–Trinajstić information content (AvgIpc) is 2.01. The number of rotatable bonds is 1. The van der Waals surface area contributed by atoms with Gasteiger partial charge < -0.3 is 0 Å². The first kappa shape index (κ1) is 11.1. The molecule has 1 aromatic heterocycles. The maximum Gasteiger partial charge on any atom is 0.194 e. The number of nitrogens with zero attached hydrogens (tertiary/aromatic N) is 2. The van der Waals surface area contributed by atoms with Gasteiger partial charge in [0.2, 0.25) is 0 Å². The summed E-state index contributed by atoms with van der Waals surface area (Å²) in [7, 11) is -3.24. The SMILES string of the molecule is CC(C)(C)c1ccc(S(C)(=O)=O)nn1. The molecule has 0 fully saturated rings. The van der Waals surface area contributed by atoms with E-state index in [2.05, 4.69) is 10.2 Å². The second-order valence-electron chi connectivity index (χ2n) is 4.28. The van der Waals surface area contributed by atoms with E-state index in [1.807, 2.05) is 20.8 Å². The number of sulfone groups is 1. The van der Waals surface area contributed by atoms with E-state index in [-0.39, 0.29) is 10.4 Å². The van der Waals surface area contributed by atoms with Crippen LogP contribution in [0.3, 0.4) is 0 Å². The third-order valence-corrected chi connectivity index (χ3v) is 2.77. The highest BCUT2D eigenvalue weighted by Gasteiger charge is 2.17. The van der Waals surface area contributed by atoms with Gasteiger partial charge in [0.1, 0.15) is 0 Å². The molecule has 0 unspecified atom stereocenters. The summed E-state index contributed by atoms with van der Waals surface area (Å²) >= 11 is 0. The minimum Gasteiger partial charge on any atom is -0.222 e. The lowest BCUT2D eigenvalue weighted by Gasteiger charge is -2.16. The zero-order valence-electron chi connectivity index (χ0n) is 8.77. The van der Waals surface area contributed by atoms with Gasteiger partial charge >= 0.3 is 0 Å². The van der Waals surface area contributed by atoms with E-state index in [1.54, 1.807) is 6.07 Å². The third-order valence-electron chi connectivity index (χ3n) is 1.79. The molecule has 1 aromatic rings. The highest BCUT2D eigenvalue weighted by molar-refractivity contribution is 7.90. The summed E-state index contributed by atoms with van der Waals surface area (Å²) in [5.74, 6) is 0. The van der Waals surface area contributed by atoms with E-state index < -0.39 is 9.84 Å². The molecular weight excluding hydrogens is 200 g/mol. The zero-order valence-corrected chi connectivity index (χ0v) is 9.59. The van der Waals surface area contributed by atoms with Crippen LogP contribution in [-0.4, -0.2) is 24.9 Å². The quantitative estimate of drug-likeness (QED) is 0.704. The standard InChI is InChI=1S/C9H14N2O2S/c1-9(2,3)7-5-6-8(11-10-7)14(4,12)13/h5-6H,1-4H3. The van der Waals surface area contributed by atoms with Crippen LogP contribution < -0.4 is 0 Å². The van der Waals surface area contributed by atoms with Crippen molar-refractivity contribution in [2.24, 2.45) is 0 Å². The smallest absolute Gasteiger partial charge is 0.194 e. The minimum atomic E-state index is -3.24. The van der Waals surface area contributed by atoms with E-state index in [4.69, 9.17) is 0 Å². The van der Waals surface area contributed by atoms with E-state index in [1.165, 1.54) is 6.07 Å². The van der Waals surface area contributed by atoms with Crippen LogP contribution in [0.5, 0.6) is 0 Å². The zero-order chi connectivity index (χ0) is 11.0. The number of hydrogen-bond acceptors (Lipinski definition) is 4. The van der Waals surface area contributed by atoms with Gasteiger partial charge in [-0.2, -0.15) is 5.10 Å².